The van der Waals surface area contributed by atoms with Crippen molar-refractivity contribution >= 4 is 6.29 Å². The van der Waals surface area contributed by atoms with Crippen molar-refractivity contribution in [3.63, 3.8) is 0 Å². The largest absolute Gasteiger partial charge is 0.508 e. The second kappa shape index (κ2) is 6.17. The van der Waals surface area contributed by atoms with Gasteiger partial charge in [-0.3, -0.25) is 4.79 Å². The Bertz CT molecular complexity index is 664. The number of carbonyl (C=O) groups excluding carboxylic acids is 1. The average Bonchev–Trinajstić information content (AvgIpc) is 2.52. The van der Waals surface area contributed by atoms with E-state index >= 15 is 0 Å². The first-order chi connectivity index (χ1) is 10.2. The molecule has 0 atom stereocenters. The lowest BCUT2D eigenvalue weighted by Crippen LogP contribution is -2.01. The molecule has 0 bridgehead atoms. The highest BCUT2D eigenvalue weighted by molar-refractivity contribution is 5.94. The van der Waals surface area contributed by atoms with Crippen LogP contribution in [0.4, 0.5) is 0 Å². The maximum Gasteiger partial charge on any atom is 0.204 e. The quantitative estimate of drug-likeness (QED) is 0.857. The topological polar surface area (TPSA) is 65.0 Å². The molecule has 0 heterocycles. The van der Waals surface area contributed by atoms with Crippen molar-refractivity contribution in [1.29, 1.82) is 0 Å². The molecule has 0 unspecified atom stereocenters. The minimum absolute atomic E-state index is 0.109. The molecule has 5 heteroatoms. The van der Waals surface area contributed by atoms with Gasteiger partial charge in [-0.2, -0.15) is 0 Å². The van der Waals surface area contributed by atoms with Gasteiger partial charge in [-0.05, 0) is 29.3 Å². The maximum absolute atomic E-state index is 11.5. The summed E-state index contributed by atoms with van der Waals surface area (Å²) in [5.74, 6) is 1.20. The van der Waals surface area contributed by atoms with Crippen molar-refractivity contribution in [2.75, 3.05) is 21.3 Å². The molecule has 0 radical (unpaired) electrons. The molecule has 2 aromatic rings. The summed E-state index contributed by atoms with van der Waals surface area (Å²) in [6, 6.07) is 8.28. The van der Waals surface area contributed by atoms with Gasteiger partial charge in [0, 0.05) is 0 Å². The molecule has 21 heavy (non-hydrogen) atoms. The Hall–Kier alpha value is -2.69. The molecule has 2 rings (SSSR count). The summed E-state index contributed by atoms with van der Waals surface area (Å²) in [5.41, 5.74) is 1.60. The fraction of sp³-hybridized carbons (Fsp3) is 0.188. The van der Waals surface area contributed by atoms with Gasteiger partial charge in [0.2, 0.25) is 5.75 Å². The van der Waals surface area contributed by atoms with E-state index in [9.17, 15) is 9.90 Å². The number of aromatic hydroxyl groups is 1. The number of hydrogen-bond acceptors (Lipinski definition) is 5. The molecule has 0 aliphatic carbocycles. The molecule has 0 fully saturated rings. The molecule has 0 aromatic heterocycles. The van der Waals surface area contributed by atoms with Gasteiger partial charge in [-0.1, -0.05) is 12.1 Å². The minimum atomic E-state index is 0.109. The zero-order chi connectivity index (χ0) is 15.4. The number of rotatable bonds is 5. The Morgan fingerprint density at radius 1 is 1.00 bits per heavy atom. The predicted octanol–water partition coefficient (Wildman–Crippen LogP) is 2.90. The highest BCUT2D eigenvalue weighted by atomic mass is 16.5. The van der Waals surface area contributed by atoms with Crippen LogP contribution < -0.4 is 14.2 Å². The highest BCUT2D eigenvalue weighted by Crippen LogP contribution is 2.44. The first kappa shape index (κ1) is 14.7. The van der Waals surface area contributed by atoms with E-state index in [0.29, 0.717) is 40.2 Å². The number of carbonyl (C=O) groups is 1. The molecule has 0 aliphatic rings. The number of phenolic OH excluding ortho intramolecular Hbond substituents is 1. The van der Waals surface area contributed by atoms with Gasteiger partial charge in [-0.25, -0.2) is 0 Å². The standard InChI is InChI=1S/C16H16O5/c1-19-14-8-12(10-5-4-6-11(18)7-10)13(9-17)15(20-2)16(14)21-3/h4-9,18H,1-3H3. The number of ether oxygens (including phenoxy) is 3. The average molecular weight is 288 g/mol. The van der Waals surface area contributed by atoms with Crippen molar-refractivity contribution in [2.24, 2.45) is 0 Å². The number of hydrogen-bond donors (Lipinski definition) is 1. The molecular formula is C16H16O5. The van der Waals surface area contributed by atoms with E-state index in [0.717, 1.165) is 0 Å². The van der Waals surface area contributed by atoms with Crippen LogP contribution in [-0.4, -0.2) is 32.7 Å². The Kier molecular flexibility index (Phi) is 4.33. The van der Waals surface area contributed by atoms with Gasteiger partial charge in [0.15, 0.2) is 17.8 Å². The van der Waals surface area contributed by atoms with E-state index in [1.807, 2.05) is 0 Å². The third kappa shape index (κ3) is 2.63. The summed E-state index contributed by atoms with van der Waals surface area (Å²) < 4.78 is 15.8. The molecule has 1 N–H and O–H groups in total. The summed E-state index contributed by atoms with van der Waals surface area (Å²) >= 11 is 0. The molecule has 0 spiro atoms. The van der Waals surface area contributed by atoms with E-state index in [2.05, 4.69) is 0 Å². The summed E-state index contributed by atoms with van der Waals surface area (Å²) in [5, 5.41) is 9.62. The summed E-state index contributed by atoms with van der Waals surface area (Å²) in [7, 11) is 4.43. The smallest absolute Gasteiger partial charge is 0.204 e. The number of methoxy groups -OCH3 is 3. The summed E-state index contributed by atoms with van der Waals surface area (Å²) in [6.07, 6.45) is 0.695. The van der Waals surface area contributed by atoms with Crippen LogP contribution in [0.5, 0.6) is 23.0 Å². The molecule has 0 saturated heterocycles. The second-order valence-electron chi connectivity index (χ2n) is 4.27. The summed E-state index contributed by atoms with van der Waals surface area (Å²) in [4.78, 5) is 11.5. The van der Waals surface area contributed by atoms with E-state index in [1.54, 1.807) is 30.3 Å². The van der Waals surface area contributed by atoms with Crippen LogP contribution in [0.2, 0.25) is 0 Å². The van der Waals surface area contributed by atoms with Crippen molar-refractivity contribution in [1.82, 2.24) is 0 Å². The highest BCUT2D eigenvalue weighted by Gasteiger charge is 2.21. The van der Waals surface area contributed by atoms with Gasteiger partial charge in [-0.15, -0.1) is 0 Å². The van der Waals surface area contributed by atoms with Crippen molar-refractivity contribution in [3.8, 4) is 34.1 Å². The molecule has 5 nitrogen and oxygen atoms in total. The van der Waals surface area contributed by atoms with Gasteiger partial charge in [0.1, 0.15) is 5.75 Å². The Morgan fingerprint density at radius 2 is 1.71 bits per heavy atom. The van der Waals surface area contributed by atoms with Crippen LogP contribution in [0.25, 0.3) is 11.1 Å². The van der Waals surface area contributed by atoms with Crippen LogP contribution in [0.3, 0.4) is 0 Å². The third-order valence-corrected chi connectivity index (χ3v) is 3.14. The molecular weight excluding hydrogens is 272 g/mol. The number of phenols is 1. The molecule has 0 amide bonds. The molecule has 2 aromatic carbocycles. The van der Waals surface area contributed by atoms with Gasteiger partial charge < -0.3 is 19.3 Å². The fourth-order valence-corrected chi connectivity index (χ4v) is 2.21. The number of aldehydes is 1. The minimum Gasteiger partial charge on any atom is -0.508 e. The van der Waals surface area contributed by atoms with Gasteiger partial charge >= 0.3 is 0 Å². The van der Waals surface area contributed by atoms with Crippen LogP contribution in [0, 0.1) is 0 Å². The SMILES string of the molecule is COc1cc(-c2cccc(O)c2)c(C=O)c(OC)c1OC. The van der Waals surface area contributed by atoms with Crippen LogP contribution in [0.15, 0.2) is 30.3 Å². The predicted molar refractivity (Wildman–Crippen MR) is 78.6 cm³/mol. The lowest BCUT2D eigenvalue weighted by atomic mass is 9.98. The normalized spacial score (nSPS) is 10.0. The van der Waals surface area contributed by atoms with Gasteiger partial charge in [0.25, 0.3) is 0 Å². The second-order valence-corrected chi connectivity index (χ2v) is 4.27. The van der Waals surface area contributed by atoms with Gasteiger partial charge in [0.05, 0.1) is 26.9 Å². The number of benzene rings is 2. The Labute approximate surface area is 122 Å². The van der Waals surface area contributed by atoms with Crippen molar-refractivity contribution in [2.45, 2.75) is 0 Å². The molecule has 110 valence electrons. The van der Waals surface area contributed by atoms with Crippen LogP contribution >= 0.6 is 0 Å². The molecule has 0 saturated carbocycles. The van der Waals surface area contributed by atoms with E-state index < -0.39 is 0 Å². The summed E-state index contributed by atoms with van der Waals surface area (Å²) in [6.45, 7) is 0. The zero-order valence-electron chi connectivity index (χ0n) is 12.0. The zero-order valence-corrected chi connectivity index (χ0v) is 12.0. The maximum atomic E-state index is 11.5. The molecule has 0 aliphatic heterocycles. The monoisotopic (exact) mass is 288 g/mol. The fourth-order valence-electron chi connectivity index (χ4n) is 2.21. The van der Waals surface area contributed by atoms with Crippen molar-refractivity contribution < 1.29 is 24.1 Å². The van der Waals surface area contributed by atoms with Crippen LogP contribution in [0.1, 0.15) is 10.4 Å². The lowest BCUT2D eigenvalue weighted by molar-refractivity contribution is 0.112. The van der Waals surface area contributed by atoms with E-state index in [1.165, 1.54) is 21.3 Å². The lowest BCUT2D eigenvalue weighted by Gasteiger charge is -2.17. The van der Waals surface area contributed by atoms with Crippen molar-refractivity contribution in [3.05, 3.63) is 35.9 Å². The van der Waals surface area contributed by atoms with Crippen LogP contribution in [-0.2, 0) is 0 Å². The Balaban J connectivity index is 2.79. The Morgan fingerprint density at radius 3 is 2.24 bits per heavy atom. The third-order valence-electron chi connectivity index (χ3n) is 3.14. The first-order valence-corrected chi connectivity index (χ1v) is 6.23. The van der Waals surface area contributed by atoms with E-state index in [4.69, 9.17) is 14.2 Å². The van der Waals surface area contributed by atoms with E-state index in [-0.39, 0.29) is 5.75 Å². The first-order valence-electron chi connectivity index (χ1n) is 6.23.